The Morgan fingerprint density at radius 2 is 2.00 bits per heavy atom. The second-order valence-electron chi connectivity index (χ2n) is 4.23. The third-order valence-corrected chi connectivity index (χ3v) is 2.95. The Morgan fingerprint density at radius 1 is 1.28 bits per heavy atom. The number of unbranched alkanes of at least 4 members (excludes halogenated alkanes) is 2. The second kappa shape index (κ2) is 6.89. The zero-order valence-corrected chi connectivity index (χ0v) is 10.9. The van der Waals surface area contributed by atoms with Crippen molar-refractivity contribution >= 4 is 6.16 Å². The standard InChI is InChI=1S/C14H20O4/c1-3-5-6-7-11-10(4-2)8-9-12(13(11)15)18-14(16)17/h8-9,15H,3-7H2,1-2H3,(H,16,17). The zero-order chi connectivity index (χ0) is 13.5. The molecule has 0 saturated heterocycles. The Hall–Kier alpha value is -1.71. The Labute approximate surface area is 107 Å². The summed E-state index contributed by atoms with van der Waals surface area (Å²) in [5, 5.41) is 18.7. The number of rotatable bonds is 6. The van der Waals surface area contributed by atoms with Gasteiger partial charge in [0, 0.05) is 5.56 Å². The second-order valence-corrected chi connectivity index (χ2v) is 4.23. The molecule has 1 rings (SSSR count). The van der Waals surface area contributed by atoms with Gasteiger partial charge < -0.3 is 14.9 Å². The van der Waals surface area contributed by atoms with Gasteiger partial charge in [0.1, 0.15) is 0 Å². The number of ether oxygens (including phenoxy) is 1. The van der Waals surface area contributed by atoms with Crippen LogP contribution in [0.5, 0.6) is 11.5 Å². The highest BCUT2D eigenvalue weighted by atomic mass is 16.7. The molecule has 0 fully saturated rings. The predicted molar refractivity (Wildman–Crippen MR) is 69.4 cm³/mol. The molecule has 0 saturated carbocycles. The highest BCUT2D eigenvalue weighted by Gasteiger charge is 2.14. The Kier molecular flexibility index (Phi) is 5.49. The predicted octanol–water partition coefficient (Wildman–Crippen LogP) is 3.74. The van der Waals surface area contributed by atoms with Gasteiger partial charge in [-0.2, -0.15) is 0 Å². The molecule has 0 heterocycles. The first kappa shape index (κ1) is 14.4. The molecule has 4 nitrogen and oxygen atoms in total. The molecule has 4 heteroatoms. The summed E-state index contributed by atoms with van der Waals surface area (Å²) in [6.07, 6.45) is 3.32. The zero-order valence-electron chi connectivity index (χ0n) is 10.9. The van der Waals surface area contributed by atoms with E-state index in [2.05, 4.69) is 11.7 Å². The van der Waals surface area contributed by atoms with Crippen molar-refractivity contribution in [2.24, 2.45) is 0 Å². The molecular weight excluding hydrogens is 232 g/mol. The Balaban J connectivity index is 2.98. The first-order chi connectivity index (χ1) is 8.60. The molecule has 1 aromatic rings. The van der Waals surface area contributed by atoms with Gasteiger partial charge >= 0.3 is 6.16 Å². The maximum atomic E-state index is 10.5. The van der Waals surface area contributed by atoms with Crippen LogP contribution in [0.25, 0.3) is 0 Å². The van der Waals surface area contributed by atoms with E-state index in [1.807, 2.05) is 13.0 Å². The van der Waals surface area contributed by atoms with Gasteiger partial charge in [0.2, 0.25) is 0 Å². The van der Waals surface area contributed by atoms with Crippen molar-refractivity contribution < 1.29 is 19.7 Å². The molecular formula is C14H20O4. The highest BCUT2D eigenvalue weighted by Crippen LogP contribution is 2.34. The average Bonchev–Trinajstić information content (AvgIpc) is 2.33. The lowest BCUT2D eigenvalue weighted by molar-refractivity contribution is 0.143. The van der Waals surface area contributed by atoms with E-state index in [9.17, 15) is 9.90 Å². The molecule has 18 heavy (non-hydrogen) atoms. The van der Waals surface area contributed by atoms with Crippen LogP contribution in [0.2, 0.25) is 0 Å². The lowest BCUT2D eigenvalue weighted by Crippen LogP contribution is -2.05. The van der Waals surface area contributed by atoms with Gasteiger partial charge in [-0.25, -0.2) is 4.79 Å². The van der Waals surface area contributed by atoms with E-state index >= 15 is 0 Å². The number of benzene rings is 1. The molecule has 0 aliphatic rings. The Morgan fingerprint density at radius 3 is 2.56 bits per heavy atom. The SMILES string of the molecule is CCCCCc1c(CC)ccc(OC(=O)O)c1O. The lowest BCUT2D eigenvalue weighted by Gasteiger charge is -2.13. The number of hydrogen-bond donors (Lipinski definition) is 2. The normalized spacial score (nSPS) is 10.3. The quantitative estimate of drug-likeness (QED) is 0.459. The van der Waals surface area contributed by atoms with Gasteiger partial charge in [0.25, 0.3) is 0 Å². The van der Waals surface area contributed by atoms with Gasteiger partial charge in [-0.15, -0.1) is 0 Å². The van der Waals surface area contributed by atoms with Crippen LogP contribution in [-0.4, -0.2) is 16.4 Å². The van der Waals surface area contributed by atoms with Gasteiger partial charge in [-0.3, -0.25) is 0 Å². The van der Waals surface area contributed by atoms with Crippen LogP contribution in [0.1, 0.15) is 44.2 Å². The maximum Gasteiger partial charge on any atom is 0.511 e. The molecule has 0 aromatic heterocycles. The minimum Gasteiger partial charge on any atom is -0.504 e. The summed E-state index contributed by atoms with van der Waals surface area (Å²) < 4.78 is 4.56. The fraction of sp³-hybridized carbons (Fsp3) is 0.500. The number of hydrogen-bond acceptors (Lipinski definition) is 3. The average molecular weight is 252 g/mol. The van der Waals surface area contributed by atoms with Crippen molar-refractivity contribution in [2.75, 3.05) is 0 Å². The number of carbonyl (C=O) groups is 1. The van der Waals surface area contributed by atoms with Crippen LogP contribution in [-0.2, 0) is 12.8 Å². The van der Waals surface area contributed by atoms with E-state index in [4.69, 9.17) is 5.11 Å². The molecule has 100 valence electrons. The lowest BCUT2D eigenvalue weighted by atomic mass is 9.98. The van der Waals surface area contributed by atoms with E-state index in [-0.39, 0.29) is 11.5 Å². The van der Waals surface area contributed by atoms with E-state index in [1.165, 1.54) is 6.07 Å². The van der Waals surface area contributed by atoms with Crippen LogP contribution < -0.4 is 4.74 Å². The molecule has 2 N–H and O–H groups in total. The van der Waals surface area contributed by atoms with Crippen molar-refractivity contribution in [3.8, 4) is 11.5 Å². The molecule has 0 unspecified atom stereocenters. The number of phenols is 1. The molecule has 0 spiro atoms. The highest BCUT2D eigenvalue weighted by molar-refractivity contribution is 5.64. The fourth-order valence-electron chi connectivity index (χ4n) is 2.00. The summed E-state index contributed by atoms with van der Waals surface area (Å²) in [6, 6.07) is 3.32. The number of aryl methyl sites for hydroxylation is 1. The van der Waals surface area contributed by atoms with Crippen molar-refractivity contribution in [3.05, 3.63) is 23.3 Å². The monoisotopic (exact) mass is 252 g/mol. The minimum absolute atomic E-state index is 0.0196. The van der Waals surface area contributed by atoms with Gasteiger partial charge in [-0.05, 0) is 30.9 Å². The minimum atomic E-state index is -1.41. The third kappa shape index (κ3) is 3.65. The molecule has 1 aromatic carbocycles. The summed E-state index contributed by atoms with van der Waals surface area (Å²) in [7, 11) is 0. The van der Waals surface area contributed by atoms with Crippen LogP contribution in [0, 0.1) is 0 Å². The number of carboxylic acid groups (broad SMARTS) is 1. The molecule has 0 bridgehead atoms. The van der Waals surface area contributed by atoms with Gasteiger partial charge in [0.05, 0.1) is 0 Å². The third-order valence-electron chi connectivity index (χ3n) is 2.95. The van der Waals surface area contributed by atoms with Crippen molar-refractivity contribution in [1.82, 2.24) is 0 Å². The van der Waals surface area contributed by atoms with E-state index in [0.717, 1.165) is 43.2 Å². The maximum absolute atomic E-state index is 10.5. The fourth-order valence-corrected chi connectivity index (χ4v) is 2.00. The van der Waals surface area contributed by atoms with Crippen molar-refractivity contribution in [1.29, 1.82) is 0 Å². The summed E-state index contributed by atoms with van der Waals surface area (Å²) in [5.41, 5.74) is 1.85. The van der Waals surface area contributed by atoms with Crippen LogP contribution in [0.3, 0.4) is 0 Å². The van der Waals surface area contributed by atoms with Crippen LogP contribution >= 0.6 is 0 Å². The number of phenolic OH excluding ortho intramolecular Hbond substituents is 1. The van der Waals surface area contributed by atoms with E-state index in [0.29, 0.717) is 0 Å². The number of aromatic hydroxyl groups is 1. The summed E-state index contributed by atoms with van der Waals surface area (Å²) in [6.45, 7) is 4.13. The van der Waals surface area contributed by atoms with E-state index < -0.39 is 6.16 Å². The van der Waals surface area contributed by atoms with Gasteiger partial charge in [0.15, 0.2) is 11.5 Å². The van der Waals surface area contributed by atoms with Gasteiger partial charge in [-0.1, -0.05) is 32.8 Å². The molecule has 0 radical (unpaired) electrons. The van der Waals surface area contributed by atoms with Crippen molar-refractivity contribution in [2.45, 2.75) is 46.0 Å². The first-order valence-corrected chi connectivity index (χ1v) is 6.34. The van der Waals surface area contributed by atoms with Crippen molar-refractivity contribution in [3.63, 3.8) is 0 Å². The molecule has 0 aliphatic carbocycles. The first-order valence-electron chi connectivity index (χ1n) is 6.34. The smallest absolute Gasteiger partial charge is 0.504 e. The molecule has 0 aliphatic heterocycles. The molecule has 0 amide bonds. The summed E-state index contributed by atoms with van der Waals surface area (Å²) >= 11 is 0. The summed E-state index contributed by atoms with van der Waals surface area (Å²) in [4.78, 5) is 10.5. The van der Waals surface area contributed by atoms with E-state index in [1.54, 1.807) is 0 Å². The van der Waals surface area contributed by atoms with Crippen LogP contribution in [0.4, 0.5) is 4.79 Å². The van der Waals surface area contributed by atoms with Crippen LogP contribution in [0.15, 0.2) is 12.1 Å². The molecule has 0 atom stereocenters. The summed E-state index contributed by atoms with van der Waals surface area (Å²) in [5.74, 6) is -0.0148. The Bertz CT molecular complexity index is 413. The largest absolute Gasteiger partial charge is 0.511 e. The topological polar surface area (TPSA) is 66.8 Å².